The summed E-state index contributed by atoms with van der Waals surface area (Å²) in [5.41, 5.74) is 0.798. The molecule has 4 nitrogen and oxygen atoms in total. The Morgan fingerprint density at radius 2 is 2.29 bits per heavy atom. The number of phenolic OH excluding ortho intramolecular Hbond substituents is 1. The zero-order valence-corrected chi connectivity index (χ0v) is 10.3. The number of carbonyl (C=O) groups is 1. The van der Waals surface area contributed by atoms with Crippen LogP contribution < -0.4 is 5.32 Å². The van der Waals surface area contributed by atoms with Gasteiger partial charge in [0.1, 0.15) is 5.75 Å². The predicted molar refractivity (Wildman–Crippen MR) is 65.9 cm³/mol. The number of hydrogen-bond acceptors (Lipinski definition) is 3. The molecule has 1 rings (SSSR count). The Bertz CT molecular complexity index is 365. The van der Waals surface area contributed by atoms with E-state index in [-0.39, 0.29) is 24.2 Å². The minimum absolute atomic E-state index is 0.0214. The molecule has 0 aliphatic carbocycles. The predicted octanol–water partition coefficient (Wildman–Crippen LogP) is 1.48. The summed E-state index contributed by atoms with van der Waals surface area (Å²) in [6, 6.07) is 6.70. The first kappa shape index (κ1) is 13.5. The second-order valence-electron chi connectivity index (χ2n) is 3.92. The van der Waals surface area contributed by atoms with Crippen LogP contribution in [0.25, 0.3) is 0 Å². The van der Waals surface area contributed by atoms with E-state index in [2.05, 4.69) is 5.32 Å². The van der Waals surface area contributed by atoms with E-state index in [4.69, 9.17) is 4.74 Å². The summed E-state index contributed by atoms with van der Waals surface area (Å²) in [6.45, 7) is 4.98. The van der Waals surface area contributed by atoms with Crippen molar-refractivity contribution in [1.29, 1.82) is 0 Å². The van der Waals surface area contributed by atoms with Gasteiger partial charge in [-0.3, -0.25) is 4.79 Å². The maximum absolute atomic E-state index is 11.6. The molecule has 2 N–H and O–H groups in total. The van der Waals surface area contributed by atoms with E-state index in [9.17, 15) is 9.90 Å². The van der Waals surface area contributed by atoms with Crippen molar-refractivity contribution in [3.63, 3.8) is 0 Å². The lowest BCUT2D eigenvalue weighted by atomic mass is 10.1. The van der Waals surface area contributed by atoms with E-state index in [0.717, 1.165) is 5.56 Å². The van der Waals surface area contributed by atoms with Crippen molar-refractivity contribution in [1.82, 2.24) is 5.32 Å². The molecule has 1 unspecified atom stereocenters. The van der Waals surface area contributed by atoms with Gasteiger partial charge in [-0.25, -0.2) is 0 Å². The van der Waals surface area contributed by atoms with Crippen LogP contribution in [-0.2, 0) is 16.0 Å². The molecule has 0 radical (unpaired) electrons. The van der Waals surface area contributed by atoms with Crippen LogP contribution in [-0.4, -0.2) is 30.3 Å². The minimum Gasteiger partial charge on any atom is -0.508 e. The van der Waals surface area contributed by atoms with Gasteiger partial charge in [-0.15, -0.1) is 0 Å². The smallest absolute Gasteiger partial charge is 0.224 e. The standard InChI is InChI=1S/C13H19NO3/c1-3-17-10(2)9-14-13(16)8-11-5-4-6-12(15)7-11/h4-7,10,15H,3,8-9H2,1-2H3,(H,14,16). The van der Waals surface area contributed by atoms with Gasteiger partial charge in [0.25, 0.3) is 0 Å². The maximum Gasteiger partial charge on any atom is 0.224 e. The van der Waals surface area contributed by atoms with Crippen LogP contribution in [0.1, 0.15) is 19.4 Å². The second kappa shape index (κ2) is 6.91. The van der Waals surface area contributed by atoms with Crippen LogP contribution in [0.3, 0.4) is 0 Å². The molecule has 0 spiro atoms. The van der Waals surface area contributed by atoms with Gasteiger partial charge in [-0.2, -0.15) is 0 Å². The second-order valence-corrected chi connectivity index (χ2v) is 3.92. The Labute approximate surface area is 102 Å². The van der Waals surface area contributed by atoms with Crippen molar-refractivity contribution in [2.75, 3.05) is 13.2 Å². The number of phenols is 1. The average molecular weight is 237 g/mol. The van der Waals surface area contributed by atoms with Gasteiger partial charge >= 0.3 is 0 Å². The zero-order valence-electron chi connectivity index (χ0n) is 10.3. The molecule has 1 aromatic carbocycles. The molecule has 1 atom stereocenters. The van der Waals surface area contributed by atoms with Gasteiger partial charge < -0.3 is 15.2 Å². The molecule has 1 amide bonds. The summed E-state index contributed by atoms with van der Waals surface area (Å²) in [5, 5.41) is 12.1. The molecule has 0 bridgehead atoms. The SMILES string of the molecule is CCOC(C)CNC(=O)Cc1cccc(O)c1. The third-order valence-electron chi connectivity index (χ3n) is 2.31. The van der Waals surface area contributed by atoms with Gasteiger partial charge in [-0.05, 0) is 31.5 Å². The summed E-state index contributed by atoms with van der Waals surface area (Å²) in [4.78, 5) is 11.6. The van der Waals surface area contributed by atoms with Gasteiger partial charge in [0.15, 0.2) is 0 Å². The highest BCUT2D eigenvalue weighted by atomic mass is 16.5. The van der Waals surface area contributed by atoms with Crippen molar-refractivity contribution in [3.05, 3.63) is 29.8 Å². The van der Waals surface area contributed by atoms with Crippen molar-refractivity contribution < 1.29 is 14.6 Å². The molecule has 0 saturated carbocycles. The number of ether oxygens (including phenoxy) is 1. The van der Waals surface area contributed by atoms with Gasteiger partial charge in [0, 0.05) is 13.2 Å². The fraction of sp³-hybridized carbons (Fsp3) is 0.462. The first-order valence-electron chi connectivity index (χ1n) is 5.78. The molecule has 0 fully saturated rings. The number of hydrogen-bond donors (Lipinski definition) is 2. The lowest BCUT2D eigenvalue weighted by Crippen LogP contribution is -2.33. The Kier molecular flexibility index (Phi) is 5.49. The van der Waals surface area contributed by atoms with E-state index < -0.39 is 0 Å². The number of benzene rings is 1. The highest BCUT2D eigenvalue weighted by molar-refractivity contribution is 5.78. The molecular weight excluding hydrogens is 218 g/mol. The summed E-state index contributed by atoms with van der Waals surface area (Å²) < 4.78 is 5.31. The molecule has 0 heterocycles. The number of nitrogens with one attached hydrogen (secondary N) is 1. The number of aromatic hydroxyl groups is 1. The van der Waals surface area contributed by atoms with Crippen molar-refractivity contribution in [2.24, 2.45) is 0 Å². The summed E-state index contributed by atoms with van der Waals surface area (Å²) in [5.74, 6) is 0.111. The Balaban J connectivity index is 2.34. The third-order valence-corrected chi connectivity index (χ3v) is 2.31. The molecule has 1 aromatic rings. The molecule has 0 saturated heterocycles. The Hall–Kier alpha value is -1.55. The zero-order chi connectivity index (χ0) is 12.7. The van der Waals surface area contributed by atoms with Crippen LogP contribution >= 0.6 is 0 Å². The number of rotatable bonds is 6. The van der Waals surface area contributed by atoms with Crippen molar-refractivity contribution in [2.45, 2.75) is 26.4 Å². The Morgan fingerprint density at radius 3 is 2.94 bits per heavy atom. The van der Waals surface area contributed by atoms with Crippen LogP contribution in [0.4, 0.5) is 0 Å². The largest absolute Gasteiger partial charge is 0.508 e. The molecule has 94 valence electrons. The van der Waals surface area contributed by atoms with Gasteiger partial charge in [0.05, 0.1) is 12.5 Å². The fourth-order valence-electron chi connectivity index (χ4n) is 1.52. The average Bonchev–Trinajstić information content (AvgIpc) is 2.27. The summed E-state index contributed by atoms with van der Waals surface area (Å²) in [6.07, 6.45) is 0.292. The molecule has 0 aliphatic rings. The maximum atomic E-state index is 11.6. The van der Waals surface area contributed by atoms with E-state index in [1.54, 1.807) is 18.2 Å². The first-order valence-corrected chi connectivity index (χ1v) is 5.78. The fourth-order valence-corrected chi connectivity index (χ4v) is 1.52. The molecular formula is C13H19NO3. The first-order chi connectivity index (χ1) is 8.11. The van der Waals surface area contributed by atoms with E-state index >= 15 is 0 Å². The lowest BCUT2D eigenvalue weighted by molar-refractivity contribution is -0.121. The number of carbonyl (C=O) groups excluding carboxylic acids is 1. The summed E-state index contributed by atoms with van der Waals surface area (Å²) in [7, 11) is 0. The van der Waals surface area contributed by atoms with Crippen molar-refractivity contribution >= 4 is 5.91 Å². The van der Waals surface area contributed by atoms with E-state index in [1.165, 1.54) is 0 Å². The molecule has 0 aromatic heterocycles. The molecule has 4 heteroatoms. The highest BCUT2D eigenvalue weighted by Gasteiger charge is 2.06. The minimum atomic E-state index is -0.0675. The summed E-state index contributed by atoms with van der Waals surface area (Å²) >= 11 is 0. The van der Waals surface area contributed by atoms with E-state index in [1.807, 2.05) is 19.9 Å². The monoisotopic (exact) mass is 237 g/mol. The van der Waals surface area contributed by atoms with Gasteiger partial charge in [0.2, 0.25) is 5.91 Å². The Morgan fingerprint density at radius 1 is 1.53 bits per heavy atom. The van der Waals surface area contributed by atoms with Crippen LogP contribution in [0, 0.1) is 0 Å². The van der Waals surface area contributed by atoms with Crippen LogP contribution in [0.5, 0.6) is 5.75 Å². The third kappa shape index (κ3) is 5.36. The van der Waals surface area contributed by atoms with E-state index in [0.29, 0.717) is 13.2 Å². The van der Waals surface area contributed by atoms with Crippen LogP contribution in [0.15, 0.2) is 24.3 Å². The normalized spacial score (nSPS) is 12.1. The lowest BCUT2D eigenvalue weighted by Gasteiger charge is -2.12. The molecule has 0 aliphatic heterocycles. The topological polar surface area (TPSA) is 58.6 Å². The molecule has 17 heavy (non-hydrogen) atoms. The quantitative estimate of drug-likeness (QED) is 0.787. The number of amides is 1. The van der Waals surface area contributed by atoms with Gasteiger partial charge in [-0.1, -0.05) is 12.1 Å². The highest BCUT2D eigenvalue weighted by Crippen LogP contribution is 2.11. The van der Waals surface area contributed by atoms with Crippen molar-refractivity contribution in [3.8, 4) is 5.75 Å². The van der Waals surface area contributed by atoms with Crippen LogP contribution in [0.2, 0.25) is 0 Å².